The Labute approximate surface area is 47.0 Å². The number of rotatable bonds is 0. The molecule has 0 aromatic rings. The molecular formula is C5H5ClO. The first-order valence-electron chi connectivity index (χ1n) is 2.17. The van der Waals surface area contributed by atoms with Crippen molar-refractivity contribution in [1.29, 1.82) is 0 Å². The fourth-order valence-corrected chi connectivity index (χ4v) is 0.718. The molecule has 0 bridgehead atoms. The highest BCUT2D eigenvalue weighted by molar-refractivity contribution is 6.28. The van der Waals surface area contributed by atoms with Crippen LogP contribution in [0.3, 0.4) is 0 Å². The summed E-state index contributed by atoms with van der Waals surface area (Å²) in [5.74, 6) is 0.204. The first kappa shape index (κ1) is 4.85. The molecule has 0 amide bonds. The Morgan fingerprint density at radius 1 is 1.57 bits per heavy atom. The second kappa shape index (κ2) is 1.66. The van der Waals surface area contributed by atoms with Crippen molar-refractivity contribution in [2.24, 2.45) is 0 Å². The monoisotopic (exact) mass is 116 g/mol. The molecule has 1 aliphatic carbocycles. The van der Waals surface area contributed by atoms with E-state index in [1.54, 1.807) is 0 Å². The standard InChI is InChI=1S/C5H5ClO/c6-3-4-1-2-5(4)7/h3H,1-2H2. The summed E-state index contributed by atoms with van der Waals surface area (Å²) in [6.07, 6.45) is 1.57. The summed E-state index contributed by atoms with van der Waals surface area (Å²) in [6, 6.07) is 0. The third-order valence-corrected chi connectivity index (χ3v) is 1.37. The number of carbonyl (C=O) groups is 1. The maximum atomic E-state index is 10.3. The third kappa shape index (κ3) is 0.682. The molecule has 0 heterocycles. The van der Waals surface area contributed by atoms with Gasteiger partial charge in [-0.2, -0.15) is 0 Å². The van der Waals surface area contributed by atoms with Crippen LogP contribution in [0.2, 0.25) is 0 Å². The molecule has 0 saturated heterocycles. The number of hydrogen-bond donors (Lipinski definition) is 0. The van der Waals surface area contributed by atoms with Crippen molar-refractivity contribution in [2.45, 2.75) is 12.8 Å². The predicted octanol–water partition coefficient (Wildman–Crippen LogP) is 1.47. The maximum Gasteiger partial charge on any atom is 0.160 e. The van der Waals surface area contributed by atoms with Gasteiger partial charge in [0.1, 0.15) is 0 Å². The van der Waals surface area contributed by atoms with Crippen molar-refractivity contribution in [3.05, 3.63) is 11.1 Å². The number of Topliss-reactive ketones (excluding diaryl/α,β-unsaturated/α-hetero) is 1. The molecular weight excluding hydrogens is 112 g/mol. The van der Waals surface area contributed by atoms with E-state index in [-0.39, 0.29) is 5.78 Å². The Morgan fingerprint density at radius 2 is 2.29 bits per heavy atom. The van der Waals surface area contributed by atoms with Gasteiger partial charge in [-0.3, -0.25) is 4.79 Å². The second-order valence-electron chi connectivity index (χ2n) is 1.56. The zero-order valence-electron chi connectivity index (χ0n) is 3.78. The maximum absolute atomic E-state index is 10.3. The number of halogens is 1. The van der Waals surface area contributed by atoms with Gasteiger partial charge in [0.2, 0.25) is 0 Å². The lowest BCUT2D eigenvalue weighted by Crippen LogP contribution is -2.12. The van der Waals surface area contributed by atoms with Gasteiger partial charge >= 0.3 is 0 Å². The average Bonchev–Trinajstić information content (AvgIpc) is 1.65. The second-order valence-corrected chi connectivity index (χ2v) is 1.78. The van der Waals surface area contributed by atoms with E-state index in [0.717, 1.165) is 12.0 Å². The Kier molecular flexibility index (Phi) is 1.15. The van der Waals surface area contributed by atoms with E-state index < -0.39 is 0 Å². The van der Waals surface area contributed by atoms with E-state index >= 15 is 0 Å². The molecule has 1 fully saturated rings. The normalized spacial score (nSPS) is 25.3. The zero-order chi connectivity index (χ0) is 5.28. The summed E-state index contributed by atoms with van der Waals surface area (Å²) in [5.41, 5.74) is 2.15. The Morgan fingerprint density at radius 3 is 2.29 bits per heavy atom. The lowest BCUT2D eigenvalue weighted by molar-refractivity contribution is -0.118. The Balaban J connectivity index is 2.61. The van der Waals surface area contributed by atoms with Gasteiger partial charge < -0.3 is 0 Å². The number of hydrogen-bond acceptors (Lipinski definition) is 1. The number of allylic oxidation sites excluding steroid dienone is 1. The zero-order valence-corrected chi connectivity index (χ0v) is 4.53. The van der Waals surface area contributed by atoms with Gasteiger partial charge in [-0.25, -0.2) is 0 Å². The van der Waals surface area contributed by atoms with Crippen LogP contribution in [-0.4, -0.2) is 5.78 Å². The summed E-state index contributed by atoms with van der Waals surface area (Å²) in [4.78, 5) is 10.3. The first-order valence-corrected chi connectivity index (χ1v) is 2.60. The van der Waals surface area contributed by atoms with Crippen LogP contribution in [0.1, 0.15) is 12.8 Å². The minimum atomic E-state index is 0.204. The molecule has 0 spiro atoms. The van der Waals surface area contributed by atoms with Crippen molar-refractivity contribution in [3.8, 4) is 0 Å². The van der Waals surface area contributed by atoms with Gasteiger partial charge in [0.25, 0.3) is 0 Å². The van der Waals surface area contributed by atoms with Crippen LogP contribution in [0.15, 0.2) is 11.1 Å². The van der Waals surface area contributed by atoms with E-state index in [1.807, 2.05) is 0 Å². The highest BCUT2D eigenvalue weighted by Gasteiger charge is 2.18. The summed E-state index contributed by atoms with van der Waals surface area (Å²) in [6.45, 7) is 0. The Hall–Kier alpha value is -0.300. The van der Waals surface area contributed by atoms with Gasteiger partial charge in [0, 0.05) is 17.5 Å². The van der Waals surface area contributed by atoms with Gasteiger partial charge in [-0.1, -0.05) is 11.6 Å². The molecule has 1 nitrogen and oxygen atoms in total. The van der Waals surface area contributed by atoms with Crippen molar-refractivity contribution < 1.29 is 4.79 Å². The molecule has 0 N–H and O–H groups in total. The van der Waals surface area contributed by atoms with E-state index in [4.69, 9.17) is 11.6 Å². The van der Waals surface area contributed by atoms with Crippen molar-refractivity contribution in [3.63, 3.8) is 0 Å². The highest BCUT2D eigenvalue weighted by atomic mass is 35.5. The molecule has 2 heteroatoms. The minimum Gasteiger partial charge on any atom is -0.295 e. The molecule has 7 heavy (non-hydrogen) atoms. The smallest absolute Gasteiger partial charge is 0.160 e. The van der Waals surface area contributed by atoms with Crippen LogP contribution in [0.25, 0.3) is 0 Å². The largest absolute Gasteiger partial charge is 0.295 e. The lowest BCUT2D eigenvalue weighted by atomic mass is 9.93. The summed E-state index contributed by atoms with van der Waals surface area (Å²) >= 11 is 5.22. The van der Waals surface area contributed by atoms with Crippen LogP contribution in [0.4, 0.5) is 0 Å². The van der Waals surface area contributed by atoms with Crippen LogP contribution in [-0.2, 0) is 4.79 Å². The van der Waals surface area contributed by atoms with Crippen LogP contribution >= 0.6 is 11.6 Å². The first-order chi connectivity index (χ1) is 3.34. The molecule has 0 aliphatic heterocycles. The summed E-state index contributed by atoms with van der Waals surface area (Å²) in [5, 5.41) is 0. The topological polar surface area (TPSA) is 17.1 Å². The lowest BCUT2D eigenvalue weighted by Gasteiger charge is -2.11. The predicted molar refractivity (Wildman–Crippen MR) is 28.2 cm³/mol. The van der Waals surface area contributed by atoms with E-state index in [1.165, 1.54) is 5.54 Å². The van der Waals surface area contributed by atoms with Crippen LogP contribution in [0, 0.1) is 0 Å². The molecule has 38 valence electrons. The van der Waals surface area contributed by atoms with Gasteiger partial charge in [-0.05, 0) is 6.42 Å². The summed E-state index contributed by atoms with van der Waals surface area (Å²) < 4.78 is 0. The molecule has 1 aliphatic rings. The van der Waals surface area contributed by atoms with E-state index in [9.17, 15) is 4.79 Å². The quantitative estimate of drug-likeness (QED) is 0.438. The van der Waals surface area contributed by atoms with Crippen LogP contribution < -0.4 is 0 Å². The van der Waals surface area contributed by atoms with E-state index in [0.29, 0.717) is 6.42 Å². The average molecular weight is 117 g/mol. The molecule has 1 rings (SSSR count). The van der Waals surface area contributed by atoms with Gasteiger partial charge in [0.05, 0.1) is 0 Å². The molecule has 0 aromatic carbocycles. The fourth-order valence-electron chi connectivity index (χ4n) is 0.487. The van der Waals surface area contributed by atoms with Crippen LogP contribution in [0.5, 0.6) is 0 Å². The highest BCUT2D eigenvalue weighted by Crippen LogP contribution is 2.20. The molecule has 0 radical (unpaired) electrons. The minimum absolute atomic E-state index is 0.204. The Bertz CT molecular complexity index is 126. The molecule has 1 saturated carbocycles. The van der Waals surface area contributed by atoms with Gasteiger partial charge in [-0.15, -0.1) is 0 Å². The van der Waals surface area contributed by atoms with Crippen molar-refractivity contribution in [2.75, 3.05) is 0 Å². The summed E-state index contributed by atoms with van der Waals surface area (Å²) in [7, 11) is 0. The van der Waals surface area contributed by atoms with Crippen molar-refractivity contribution in [1.82, 2.24) is 0 Å². The number of ketones is 1. The third-order valence-electron chi connectivity index (χ3n) is 1.11. The van der Waals surface area contributed by atoms with Gasteiger partial charge in [0.15, 0.2) is 5.78 Å². The number of carbonyl (C=O) groups excluding carboxylic acids is 1. The molecule has 0 atom stereocenters. The van der Waals surface area contributed by atoms with Crippen molar-refractivity contribution >= 4 is 17.4 Å². The molecule has 0 aromatic heterocycles. The van der Waals surface area contributed by atoms with E-state index in [2.05, 4.69) is 0 Å². The molecule has 0 unspecified atom stereocenters. The SMILES string of the molecule is O=C1CCC1=CCl. The fraction of sp³-hybridized carbons (Fsp3) is 0.400.